The van der Waals surface area contributed by atoms with Crippen molar-refractivity contribution in [1.82, 2.24) is 15.5 Å². The van der Waals surface area contributed by atoms with Crippen LogP contribution in [0.2, 0.25) is 0 Å². The van der Waals surface area contributed by atoms with Crippen molar-refractivity contribution >= 4 is 23.7 Å². The zero-order valence-corrected chi connectivity index (χ0v) is 16.9. The van der Waals surface area contributed by atoms with Gasteiger partial charge in [0.1, 0.15) is 17.7 Å². The average Bonchev–Trinajstić information content (AvgIpc) is 3.24. The molecule has 30 heavy (non-hydrogen) atoms. The van der Waals surface area contributed by atoms with Crippen molar-refractivity contribution in [2.75, 3.05) is 29.5 Å². The normalized spacial score (nSPS) is 15.1. The quantitative estimate of drug-likeness (QED) is 0.644. The number of aromatic nitrogens is 2. The third-order valence-electron chi connectivity index (χ3n) is 4.72. The number of halogens is 2. The van der Waals surface area contributed by atoms with Gasteiger partial charge in [0.25, 0.3) is 5.91 Å². The fourth-order valence-electron chi connectivity index (χ4n) is 3.23. The number of thioether (sulfide) groups is 1. The Bertz CT molecular complexity index is 989. The highest BCUT2D eigenvalue weighted by molar-refractivity contribution is 7.99. The molecule has 3 aromatic rings. The molecular formula is C21H20F2N4O2S. The fraction of sp³-hybridized carbons (Fsp3) is 0.286. The molecule has 9 heteroatoms. The van der Waals surface area contributed by atoms with Crippen molar-refractivity contribution in [3.8, 4) is 0 Å². The maximum absolute atomic E-state index is 13.5. The first kappa shape index (κ1) is 20.3. The minimum absolute atomic E-state index is 0.113. The van der Waals surface area contributed by atoms with Gasteiger partial charge in [0.2, 0.25) is 5.89 Å². The monoisotopic (exact) mass is 430 g/mol. The van der Waals surface area contributed by atoms with E-state index in [1.165, 1.54) is 0 Å². The maximum Gasteiger partial charge on any atom is 0.318 e. The molecule has 2 heterocycles. The van der Waals surface area contributed by atoms with Gasteiger partial charge in [-0.25, -0.2) is 8.78 Å². The summed E-state index contributed by atoms with van der Waals surface area (Å²) in [5.74, 6) is -0.0496. The van der Waals surface area contributed by atoms with E-state index in [1.54, 1.807) is 0 Å². The Labute approximate surface area is 176 Å². The first-order chi connectivity index (χ1) is 14.6. The van der Waals surface area contributed by atoms with Crippen LogP contribution >= 0.6 is 11.8 Å². The summed E-state index contributed by atoms with van der Waals surface area (Å²) in [7, 11) is 0. The number of hydrogen-bond acceptors (Lipinski definition) is 6. The standard InChI is InChI=1S/C21H20F2N4O2S/c22-16-11-15(12-17(23)13-16)19(28)24-18(10-14-4-2-1-3-5-14)20-25-26-21(29-20)27-6-8-30-9-7-27/h1-5,11-13,18H,6-10H2,(H,24,28)/t18-/m0/s1. The van der Waals surface area contributed by atoms with Gasteiger partial charge in [0.15, 0.2) is 0 Å². The van der Waals surface area contributed by atoms with E-state index < -0.39 is 23.6 Å². The van der Waals surface area contributed by atoms with E-state index >= 15 is 0 Å². The van der Waals surface area contributed by atoms with Crippen LogP contribution in [0.5, 0.6) is 0 Å². The highest BCUT2D eigenvalue weighted by Crippen LogP contribution is 2.24. The first-order valence-electron chi connectivity index (χ1n) is 9.55. The highest BCUT2D eigenvalue weighted by Gasteiger charge is 2.25. The number of anilines is 1. The number of nitrogens with zero attached hydrogens (tertiary/aromatic N) is 3. The molecule has 0 radical (unpaired) electrons. The summed E-state index contributed by atoms with van der Waals surface area (Å²) in [4.78, 5) is 14.7. The van der Waals surface area contributed by atoms with Gasteiger partial charge in [0.05, 0.1) is 0 Å². The van der Waals surface area contributed by atoms with Gasteiger partial charge in [-0.3, -0.25) is 4.79 Å². The molecule has 1 aliphatic rings. The lowest BCUT2D eigenvalue weighted by Crippen LogP contribution is -2.32. The molecule has 0 aliphatic carbocycles. The minimum atomic E-state index is -0.817. The van der Waals surface area contributed by atoms with E-state index in [0.29, 0.717) is 12.4 Å². The van der Waals surface area contributed by atoms with Gasteiger partial charge in [-0.1, -0.05) is 35.4 Å². The second kappa shape index (κ2) is 9.25. The lowest BCUT2D eigenvalue weighted by atomic mass is 10.1. The molecule has 0 spiro atoms. The number of benzene rings is 2. The Morgan fingerprint density at radius 1 is 1.10 bits per heavy atom. The topological polar surface area (TPSA) is 71.3 Å². The summed E-state index contributed by atoms with van der Waals surface area (Å²) >= 11 is 1.87. The molecule has 0 saturated carbocycles. The number of amides is 1. The van der Waals surface area contributed by atoms with Gasteiger partial charge >= 0.3 is 6.01 Å². The lowest BCUT2D eigenvalue weighted by molar-refractivity contribution is 0.0929. The van der Waals surface area contributed by atoms with E-state index in [1.807, 2.05) is 47.0 Å². The second-order valence-corrected chi connectivity index (χ2v) is 8.12. The third kappa shape index (κ3) is 4.96. The number of carbonyl (C=O) groups is 1. The molecule has 1 saturated heterocycles. The van der Waals surface area contributed by atoms with Crippen molar-refractivity contribution in [2.24, 2.45) is 0 Å². The molecule has 0 bridgehead atoms. The Morgan fingerprint density at radius 2 is 1.80 bits per heavy atom. The van der Waals surface area contributed by atoms with Crippen LogP contribution in [0.25, 0.3) is 0 Å². The van der Waals surface area contributed by atoms with Crippen LogP contribution in [0.4, 0.5) is 14.8 Å². The van der Waals surface area contributed by atoms with Gasteiger partial charge in [-0.2, -0.15) is 11.8 Å². The van der Waals surface area contributed by atoms with Crippen molar-refractivity contribution in [3.05, 3.63) is 77.2 Å². The molecular weight excluding hydrogens is 410 g/mol. The van der Waals surface area contributed by atoms with Gasteiger partial charge in [-0.05, 0) is 17.7 Å². The second-order valence-electron chi connectivity index (χ2n) is 6.90. The summed E-state index contributed by atoms with van der Waals surface area (Å²) < 4.78 is 32.9. The minimum Gasteiger partial charge on any atom is -0.406 e. The lowest BCUT2D eigenvalue weighted by Gasteiger charge is -2.24. The summed E-state index contributed by atoms with van der Waals surface area (Å²) in [5, 5.41) is 11.1. The predicted molar refractivity (Wildman–Crippen MR) is 111 cm³/mol. The van der Waals surface area contributed by atoms with Crippen LogP contribution < -0.4 is 10.2 Å². The van der Waals surface area contributed by atoms with E-state index in [4.69, 9.17) is 4.42 Å². The molecule has 0 unspecified atom stereocenters. The molecule has 156 valence electrons. The molecule has 1 N–H and O–H groups in total. The summed E-state index contributed by atoms with van der Waals surface area (Å²) in [5.41, 5.74) is 0.834. The summed E-state index contributed by atoms with van der Waals surface area (Å²) in [6.07, 6.45) is 0.391. The molecule has 4 rings (SSSR count). The van der Waals surface area contributed by atoms with Crippen molar-refractivity contribution < 1.29 is 18.0 Å². The Hall–Kier alpha value is -2.94. The number of rotatable bonds is 6. The van der Waals surface area contributed by atoms with E-state index in [0.717, 1.165) is 48.4 Å². The van der Waals surface area contributed by atoms with Gasteiger partial charge in [0, 0.05) is 42.6 Å². The maximum atomic E-state index is 13.5. The van der Waals surface area contributed by atoms with E-state index in [2.05, 4.69) is 15.5 Å². The molecule has 1 atom stereocenters. The van der Waals surface area contributed by atoms with Crippen LogP contribution in [-0.4, -0.2) is 40.7 Å². The van der Waals surface area contributed by atoms with Crippen LogP contribution in [0, 0.1) is 11.6 Å². The first-order valence-corrected chi connectivity index (χ1v) is 10.7. The zero-order chi connectivity index (χ0) is 20.9. The molecule has 1 aliphatic heterocycles. The zero-order valence-electron chi connectivity index (χ0n) is 16.1. The fourth-order valence-corrected chi connectivity index (χ4v) is 4.13. The molecule has 1 fully saturated rings. The van der Waals surface area contributed by atoms with Crippen LogP contribution in [0.3, 0.4) is 0 Å². The van der Waals surface area contributed by atoms with Crippen LogP contribution in [-0.2, 0) is 6.42 Å². The van der Waals surface area contributed by atoms with Crippen LogP contribution in [0.15, 0.2) is 52.9 Å². The molecule has 6 nitrogen and oxygen atoms in total. The number of nitrogens with one attached hydrogen (secondary N) is 1. The van der Waals surface area contributed by atoms with Crippen LogP contribution in [0.1, 0.15) is 27.9 Å². The van der Waals surface area contributed by atoms with Crippen molar-refractivity contribution in [1.29, 1.82) is 0 Å². The number of carbonyl (C=O) groups excluding carboxylic acids is 1. The Morgan fingerprint density at radius 3 is 2.50 bits per heavy atom. The predicted octanol–water partition coefficient (Wildman–Crippen LogP) is 3.61. The number of hydrogen-bond donors (Lipinski definition) is 1. The smallest absolute Gasteiger partial charge is 0.318 e. The van der Waals surface area contributed by atoms with Gasteiger partial charge in [-0.15, -0.1) is 5.10 Å². The molecule has 1 aromatic heterocycles. The van der Waals surface area contributed by atoms with Crippen molar-refractivity contribution in [2.45, 2.75) is 12.5 Å². The molecule has 1 amide bonds. The summed E-state index contributed by atoms with van der Waals surface area (Å²) in [6.45, 7) is 1.62. The van der Waals surface area contributed by atoms with E-state index in [9.17, 15) is 13.6 Å². The van der Waals surface area contributed by atoms with Gasteiger partial charge < -0.3 is 14.6 Å². The average molecular weight is 430 g/mol. The largest absolute Gasteiger partial charge is 0.406 e. The Kier molecular flexibility index (Phi) is 6.27. The summed E-state index contributed by atoms with van der Waals surface area (Å²) in [6, 6.07) is 12.0. The van der Waals surface area contributed by atoms with Crippen molar-refractivity contribution in [3.63, 3.8) is 0 Å². The third-order valence-corrected chi connectivity index (χ3v) is 5.66. The highest BCUT2D eigenvalue weighted by atomic mass is 32.2. The van der Waals surface area contributed by atoms with E-state index in [-0.39, 0.29) is 11.5 Å². The molecule has 2 aromatic carbocycles. The SMILES string of the molecule is O=C(N[C@@H](Cc1ccccc1)c1nnc(N2CCSCC2)o1)c1cc(F)cc(F)c1. The Balaban J connectivity index is 1.58.